The second kappa shape index (κ2) is 5.17. The van der Waals surface area contributed by atoms with Crippen molar-refractivity contribution in [3.8, 4) is 0 Å². The molecule has 0 saturated carbocycles. The Morgan fingerprint density at radius 2 is 2.14 bits per heavy atom. The molecule has 0 saturated heterocycles. The summed E-state index contributed by atoms with van der Waals surface area (Å²) in [4.78, 5) is 17.4. The number of amides is 1. The molecule has 0 unspecified atom stereocenters. The molecule has 0 radical (unpaired) electrons. The fourth-order valence-electron chi connectivity index (χ4n) is 2.04. The predicted molar refractivity (Wildman–Crippen MR) is 86.5 cm³/mol. The number of pyridine rings is 1. The molecule has 0 bridgehead atoms. The van der Waals surface area contributed by atoms with Crippen LogP contribution in [0.5, 0.6) is 0 Å². The van der Waals surface area contributed by atoms with Crippen molar-refractivity contribution in [3.05, 3.63) is 40.2 Å². The molecule has 0 atom stereocenters. The van der Waals surface area contributed by atoms with E-state index in [1.165, 1.54) is 11.3 Å². The topological polar surface area (TPSA) is 72.2 Å². The molecule has 114 valence electrons. The van der Waals surface area contributed by atoms with Gasteiger partial charge in [-0.15, -0.1) is 21.5 Å². The van der Waals surface area contributed by atoms with Gasteiger partial charge in [0.25, 0.3) is 5.91 Å². The number of hydrogen-bond donors (Lipinski definition) is 1. The van der Waals surface area contributed by atoms with Gasteiger partial charge in [0.2, 0.25) is 0 Å². The zero-order chi connectivity index (χ0) is 15.9. The predicted octanol–water partition coefficient (Wildman–Crippen LogP) is 3.04. The first-order valence-corrected chi connectivity index (χ1v) is 7.74. The van der Waals surface area contributed by atoms with Crippen LogP contribution < -0.4 is 5.32 Å². The average molecular weight is 315 g/mol. The van der Waals surface area contributed by atoms with E-state index in [0.29, 0.717) is 16.2 Å². The molecule has 3 aromatic heterocycles. The van der Waals surface area contributed by atoms with Crippen LogP contribution in [0.15, 0.2) is 24.8 Å². The van der Waals surface area contributed by atoms with Gasteiger partial charge in [0.1, 0.15) is 11.2 Å². The Labute approximate surface area is 132 Å². The van der Waals surface area contributed by atoms with Crippen LogP contribution in [0.25, 0.3) is 5.65 Å². The monoisotopic (exact) mass is 315 g/mol. The molecule has 7 heteroatoms. The highest BCUT2D eigenvalue weighted by Gasteiger charge is 2.21. The van der Waals surface area contributed by atoms with Crippen molar-refractivity contribution in [2.75, 3.05) is 5.32 Å². The lowest BCUT2D eigenvalue weighted by Gasteiger charge is -2.13. The number of nitrogens with one attached hydrogen (secondary N) is 1. The summed E-state index contributed by atoms with van der Waals surface area (Å²) >= 11 is 1.41. The largest absolute Gasteiger partial charge is 0.318 e. The van der Waals surface area contributed by atoms with Crippen molar-refractivity contribution >= 4 is 28.6 Å². The van der Waals surface area contributed by atoms with E-state index in [9.17, 15) is 4.79 Å². The van der Waals surface area contributed by atoms with Crippen molar-refractivity contribution in [2.24, 2.45) is 0 Å². The van der Waals surface area contributed by atoms with Crippen LogP contribution in [-0.4, -0.2) is 25.5 Å². The fraction of sp³-hybridized carbons (Fsp3) is 0.333. The molecule has 6 nitrogen and oxygen atoms in total. The van der Waals surface area contributed by atoms with Gasteiger partial charge in [0.05, 0.1) is 16.9 Å². The van der Waals surface area contributed by atoms with Crippen LogP contribution >= 0.6 is 11.3 Å². The first kappa shape index (κ1) is 14.6. The number of carbonyl (C=O) groups is 1. The van der Waals surface area contributed by atoms with Gasteiger partial charge >= 0.3 is 0 Å². The molecule has 0 aliphatic rings. The Morgan fingerprint density at radius 1 is 1.36 bits per heavy atom. The van der Waals surface area contributed by atoms with E-state index in [1.54, 1.807) is 16.9 Å². The van der Waals surface area contributed by atoms with Crippen molar-refractivity contribution < 1.29 is 4.79 Å². The molecule has 1 N–H and O–H groups in total. The molecular formula is C15H17N5OS. The number of carbonyl (C=O) groups excluding carboxylic acids is 1. The first-order chi connectivity index (χ1) is 10.4. The lowest BCUT2D eigenvalue weighted by atomic mass is 9.98. The van der Waals surface area contributed by atoms with Crippen LogP contribution in [0.3, 0.4) is 0 Å². The second-order valence-corrected chi connectivity index (χ2v) is 7.20. The SMILES string of the molecule is Cc1ccn2cnnc2c1NC(=O)c1cnc(C(C)(C)C)s1. The van der Waals surface area contributed by atoms with Crippen molar-refractivity contribution in [3.63, 3.8) is 0 Å². The molecule has 3 rings (SSSR count). The molecule has 0 aromatic carbocycles. The van der Waals surface area contributed by atoms with Crippen LogP contribution in [0.2, 0.25) is 0 Å². The summed E-state index contributed by atoms with van der Waals surface area (Å²) in [6.07, 6.45) is 5.10. The molecule has 0 spiro atoms. The summed E-state index contributed by atoms with van der Waals surface area (Å²) in [6.45, 7) is 8.16. The van der Waals surface area contributed by atoms with Gasteiger partial charge in [-0.3, -0.25) is 9.20 Å². The number of thiazole rings is 1. The lowest BCUT2D eigenvalue weighted by molar-refractivity contribution is 0.103. The van der Waals surface area contributed by atoms with Crippen LogP contribution in [0.1, 0.15) is 41.0 Å². The molecule has 1 amide bonds. The Kier molecular flexibility index (Phi) is 3.44. The molecule has 3 heterocycles. The van der Waals surface area contributed by atoms with Gasteiger partial charge < -0.3 is 5.32 Å². The third-order valence-electron chi connectivity index (χ3n) is 3.29. The summed E-state index contributed by atoms with van der Waals surface area (Å²) < 4.78 is 1.77. The van der Waals surface area contributed by atoms with Crippen LogP contribution in [0, 0.1) is 6.92 Å². The quantitative estimate of drug-likeness (QED) is 0.789. The number of aromatic nitrogens is 4. The third kappa shape index (κ3) is 2.59. The number of rotatable bonds is 2. The van der Waals surface area contributed by atoms with Gasteiger partial charge in [-0.05, 0) is 18.6 Å². The zero-order valence-corrected chi connectivity index (χ0v) is 13.7. The maximum Gasteiger partial charge on any atom is 0.267 e. The van der Waals surface area contributed by atoms with E-state index in [-0.39, 0.29) is 11.3 Å². The number of anilines is 1. The fourth-order valence-corrected chi connectivity index (χ4v) is 2.91. The van der Waals surface area contributed by atoms with Crippen molar-refractivity contribution in [1.82, 2.24) is 19.6 Å². The Balaban J connectivity index is 1.92. The number of fused-ring (bicyclic) bond motifs is 1. The van der Waals surface area contributed by atoms with E-state index in [4.69, 9.17) is 0 Å². The second-order valence-electron chi connectivity index (χ2n) is 6.17. The molecule has 0 aliphatic carbocycles. The molecule has 3 aromatic rings. The van der Waals surface area contributed by atoms with E-state index in [1.807, 2.05) is 19.2 Å². The zero-order valence-electron chi connectivity index (χ0n) is 12.9. The van der Waals surface area contributed by atoms with Gasteiger partial charge in [0, 0.05) is 11.6 Å². The van der Waals surface area contributed by atoms with Gasteiger partial charge in [-0.1, -0.05) is 20.8 Å². The summed E-state index contributed by atoms with van der Waals surface area (Å²) in [5, 5.41) is 11.8. The number of hydrogen-bond acceptors (Lipinski definition) is 5. The van der Waals surface area contributed by atoms with Gasteiger partial charge in [-0.2, -0.15) is 0 Å². The van der Waals surface area contributed by atoms with E-state index in [2.05, 4.69) is 41.3 Å². The summed E-state index contributed by atoms with van der Waals surface area (Å²) in [5.41, 5.74) is 2.19. The maximum atomic E-state index is 12.5. The minimum absolute atomic E-state index is 0.0634. The maximum absolute atomic E-state index is 12.5. The van der Waals surface area contributed by atoms with E-state index < -0.39 is 0 Å². The van der Waals surface area contributed by atoms with Crippen LogP contribution in [-0.2, 0) is 5.41 Å². The Morgan fingerprint density at radius 3 is 2.82 bits per heavy atom. The van der Waals surface area contributed by atoms with Gasteiger partial charge in [-0.25, -0.2) is 4.98 Å². The molecule has 0 fully saturated rings. The molecule has 22 heavy (non-hydrogen) atoms. The van der Waals surface area contributed by atoms with Crippen LogP contribution in [0.4, 0.5) is 5.69 Å². The first-order valence-electron chi connectivity index (χ1n) is 6.93. The average Bonchev–Trinajstić information content (AvgIpc) is 3.09. The third-order valence-corrected chi connectivity index (χ3v) is 4.71. The lowest BCUT2D eigenvalue weighted by Crippen LogP contribution is -2.12. The molecule has 0 aliphatic heterocycles. The Bertz CT molecular complexity index is 843. The van der Waals surface area contributed by atoms with Crippen molar-refractivity contribution in [2.45, 2.75) is 33.1 Å². The van der Waals surface area contributed by atoms with Gasteiger partial charge in [0.15, 0.2) is 5.65 Å². The highest BCUT2D eigenvalue weighted by Crippen LogP contribution is 2.28. The van der Waals surface area contributed by atoms with E-state index in [0.717, 1.165) is 10.6 Å². The standard InChI is InChI=1S/C15H17N5OS/c1-9-5-6-20-8-17-19-12(20)11(9)18-13(21)10-7-16-14(22-10)15(2,3)4/h5-8H,1-4H3,(H,18,21). The summed E-state index contributed by atoms with van der Waals surface area (Å²) in [5.74, 6) is -0.174. The number of nitrogens with zero attached hydrogens (tertiary/aromatic N) is 4. The minimum atomic E-state index is -0.174. The van der Waals surface area contributed by atoms with E-state index >= 15 is 0 Å². The minimum Gasteiger partial charge on any atom is -0.318 e. The summed E-state index contributed by atoms with van der Waals surface area (Å²) in [6, 6.07) is 1.92. The Hall–Kier alpha value is -2.28. The van der Waals surface area contributed by atoms with Crippen molar-refractivity contribution in [1.29, 1.82) is 0 Å². The highest BCUT2D eigenvalue weighted by molar-refractivity contribution is 7.13. The smallest absolute Gasteiger partial charge is 0.267 e. The highest BCUT2D eigenvalue weighted by atomic mass is 32.1. The molecular weight excluding hydrogens is 298 g/mol. The number of aryl methyl sites for hydroxylation is 1. The summed E-state index contributed by atoms with van der Waals surface area (Å²) in [7, 11) is 0. The normalized spacial score (nSPS) is 11.8.